The number of esters is 1. The van der Waals surface area contributed by atoms with E-state index in [1.54, 1.807) is 19.1 Å². The molecule has 0 bridgehead atoms. The van der Waals surface area contributed by atoms with E-state index >= 15 is 0 Å². The van der Waals surface area contributed by atoms with E-state index in [1.165, 1.54) is 25.3 Å². The molecule has 1 heterocycles. The summed E-state index contributed by atoms with van der Waals surface area (Å²) in [6.07, 6.45) is -0.480. The number of hydrogen-bond acceptors (Lipinski definition) is 4. The summed E-state index contributed by atoms with van der Waals surface area (Å²) in [7, 11) is 1.27. The number of rotatable bonds is 4. The number of halogens is 2. The van der Waals surface area contributed by atoms with Crippen LogP contribution in [0, 0.1) is 5.82 Å². The second-order valence-corrected chi connectivity index (χ2v) is 4.88. The van der Waals surface area contributed by atoms with Crippen LogP contribution >= 0.6 is 15.9 Å². The molecule has 2 aromatic rings. The zero-order valence-corrected chi connectivity index (χ0v) is 12.4. The largest absolute Gasteiger partial charge is 0.481 e. The predicted octanol–water partition coefficient (Wildman–Crippen LogP) is 4.11. The van der Waals surface area contributed by atoms with Crippen LogP contribution in [0.25, 0.3) is 0 Å². The predicted molar refractivity (Wildman–Crippen MR) is 73.2 cm³/mol. The van der Waals surface area contributed by atoms with Gasteiger partial charge in [0.25, 0.3) is 0 Å². The topological polar surface area (TPSA) is 48.7 Å². The highest BCUT2D eigenvalue weighted by molar-refractivity contribution is 9.10. The molecule has 0 radical (unpaired) electrons. The van der Waals surface area contributed by atoms with Crippen molar-refractivity contribution in [2.45, 2.75) is 13.0 Å². The monoisotopic (exact) mass is 342 g/mol. The number of ether oxygens (including phenoxy) is 2. The molecule has 0 N–H and O–H groups in total. The maximum Gasteiger partial charge on any atom is 0.373 e. The Morgan fingerprint density at radius 3 is 2.80 bits per heavy atom. The minimum atomic E-state index is -0.560. The highest BCUT2D eigenvalue weighted by Crippen LogP contribution is 2.30. The number of furan rings is 1. The molecule has 106 valence electrons. The van der Waals surface area contributed by atoms with Crippen molar-refractivity contribution in [3.8, 4) is 5.75 Å². The molecule has 0 saturated heterocycles. The van der Waals surface area contributed by atoms with Gasteiger partial charge in [-0.05, 0) is 47.1 Å². The van der Waals surface area contributed by atoms with E-state index in [0.717, 1.165) is 0 Å². The summed E-state index contributed by atoms with van der Waals surface area (Å²) in [5.74, 6) is -0.0631. The van der Waals surface area contributed by atoms with Crippen LogP contribution in [0.15, 0.2) is 39.2 Å². The quantitative estimate of drug-likeness (QED) is 0.784. The van der Waals surface area contributed by atoms with Gasteiger partial charge in [-0.25, -0.2) is 9.18 Å². The van der Waals surface area contributed by atoms with Gasteiger partial charge >= 0.3 is 5.97 Å². The number of hydrogen-bond donors (Lipinski definition) is 0. The van der Waals surface area contributed by atoms with Crippen LogP contribution in [0.1, 0.15) is 29.3 Å². The van der Waals surface area contributed by atoms with Crippen LogP contribution in [0.3, 0.4) is 0 Å². The molecule has 0 fully saturated rings. The fourth-order valence-corrected chi connectivity index (χ4v) is 1.94. The Hall–Kier alpha value is -1.82. The highest BCUT2D eigenvalue weighted by atomic mass is 79.9. The van der Waals surface area contributed by atoms with Crippen LogP contribution in [-0.4, -0.2) is 13.1 Å². The molecule has 0 spiro atoms. The zero-order valence-electron chi connectivity index (χ0n) is 10.9. The van der Waals surface area contributed by atoms with E-state index in [2.05, 4.69) is 20.7 Å². The Labute approximate surface area is 123 Å². The van der Waals surface area contributed by atoms with Gasteiger partial charge in [-0.15, -0.1) is 0 Å². The van der Waals surface area contributed by atoms with Crippen LogP contribution in [0.4, 0.5) is 4.39 Å². The van der Waals surface area contributed by atoms with Crippen molar-refractivity contribution in [3.63, 3.8) is 0 Å². The lowest BCUT2D eigenvalue weighted by molar-refractivity contribution is 0.0558. The van der Waals surface area contributed by atoms with Gasteiger partial charge in [0, 0.05) is 6.07 Å². The maximum absolute atomic E-state index is 13.2. The summed E-state index contributed by atoms with van der Waals surface area (Å²) in [6.45, 7) is 1.73. The Balaban J connectivity index is 2.15. The fraction of sp³-hybridized carbons (Fsp3) is 0.214. The lowest BCUT2D eigenvalue weighted by Gasteiger charge is -2.13. The average Bonchev–Trinajstić information content (AvgIpc) is 2.91. The summed E-state index contributed by atoms with van der Waals surface area (Å²) < 4.78 is 29.3. The minimum Gasteiger partial charge on any atom is -0.481 e. The molecule has 2 rings (SSSR count). The van der Waals surface area contributed by atoms with Crippen molar-refractivity contribution in [2.75, 3.05) is 7.11 Å². The Bertz CT molecular complexity index is 623. The second-order valence-electron chi connectivity index (χ2n) is 4.03. The van der Waals surface area contributed by atoms with E-state index in [-0.39, 0.29) is 5.76 Å². The van der Waals surface area contributed by atoms with Gasteiger partial charge in [-0.1, -0.05) is 0 Å². The van der Waals surface area contributed by atoms with Gasteiger partial charge < -0.3 is 13.9 Å². The molecule has 0 aliphatic carbocycles. The first-order chi connectivity index (χ1) is 9.51. The molecular formula is C14H12BrFO4. The van der Waals surface area contributed by atoms with Gasteiger partial charge in [0.2, 0.25) is 5.76 Å². The van der Waals surface area contributed by atoms with Gasteiger partial charge in [0.1, 0.15) is 17.3 Å². The molecule has 0 aliphatic heterocycles. The minimum absolute atomic E-state index is 0.0938. The molecule has 0 aliphatic rings. The van der Waals surface area contributed by atoms with Crippen LogP contribution in [-0.2, 0) is 4.74 Å². The van der Waals surface area contributed by atoms with Crippen LogP contribution in [0.2, 0.25) is 0 Å². The van der Waals surface area contributed by atoms with E-state index in [0.29, 0.717) is 16.0 Å². The molecule has 1 atom stereocenters. The highest BCUT2D eigenvalue weighted by Gasteiger charge is 2.17. The van der Waals surface area contributed by atoms with E-state index in [9.17, 15) is 9.18 Å². The third-order valence-corrected chi connectivity index (χ3v) is 3.27. The number of carbonyl (C=O) groups excluding carboxylic acids is 1. The summed E-state index contributed by atoms with van der Waals surface area (Å²) in [5.41, 5.74) is 0. The Morgan fingerprint density at radius 1 is 1.35 bits per heavy atom. The van der Waals surface area contributed by atoms with Crippen molar-refractivity contribution in [2.24, 2.45) is 0 Å². The smallest absolute Gasteiger partial charge is 0.373 e. The van der Waals surface area contributed by atoms with Crippen molar-refractivity contribution in [1.82, 2.24) is 0 Å². The normalized spacial score (nSPS) is 12.0. The summed E-state index contributed by atoms with van der Waals surface area (Å²) in [6, 6.07) is 7.26. The van der Waals surface area contributed by atoms with Crippen molar-refractivity contribution >= 4 is 21.9 Å². The summed E-state index contributed by atoms with van der Waals surface area (Å²) in [4.78, 5) is 11.3. The van der Waals surface area contributed by atoms with E-state index in [4.69, 9.17) is 9.15 Å². The second kappa shape index (κ2) is 6.09. The SMILES string of the molecule is COC(=O)c1ccc(C(C)Oc2cc(F)ccc2Br)o1. The van der Waals surface area contributed by atoms with Gasteiger partial charge in [-0.2, -0.15) is 0 Å². The van der Waals surface area contributed by atoms with Crippen LogP contribution in [0.5, 0.6) is 5.75 Å². The molecule has 4 nitrogen and oxygen atoms in total. The molecule has 1 aromatic heterocycles. The Kier molecular flexibility index (Phi) is 4.44. The standard InChI is InChI=1S/C14H12BrFO4/c1-8(11-5-6-12(20-11)14(17)18-2)19-13-7-9(16)3-4-10(13)15/h3-8H,1-2H3. The van der Waals surface area contributed by atoms with Crippen molar-refractivity contribution in [1.29, 1.82) is 0 Å². The van der Waals surface area contributed by atoms with Crippen molar-refractivity contribution in [3.05, 3.63) is 52.1 Å². The molecule has 20 heavy (non-hydrogen) atoms. The first-order valence-electron chi connectivity index (χ1n) is 5.81. The third-order valence-electron chi connectivity index (χ3n) is 2.61. The molecule has 0 saturated carbocycles. The molecule has 1 unspecified atom stereocenters. The molecule has 1 aromatic carbocycles. The van der Waals surface area contributed by atoms with E-state index < -0.39 is 17.9 Å². The van der Waals surface area contributed by atoms with E-state index in [1.807, 2.05) is 0 Å². The third kappa shape index (κ3) is 3.19. The molecular weight excluding hydrogens is 331 g/mol. The maximum atomic E-state index is 13.2. The fourth-order valence-electron chi connectivity index (χ4n) is 1.60. The van der Waals surface area contributed by atoms with Gasteiger partial charge in [0.15, 0.2) is 6.10 Å². The zero-order chi connectivity index (χ0) is 14.7. The molecule has 6 heteroatoms. The molecule has 0 amide bonds. The van der Waals surface area contributed by atoms with Crippen LogP contribution < -0.4 is 4.74 Å². The van der Waals surface area contributed by atoms with Crippen molar-refractivity contribution < 1.29 is 23.1 Å². The average molecular weight is 343 g/mol. The lowest BCUT2D eigenvalue weighted by atomic mass is 10.3. The number of methoxy groups -OCH3 is 1. The first kappa shape index (κ1) is 14.6. The number of carbonyl (C=O) groups is 1. The summed E-state index contributed by atoms with van der Waals surface area (Å²) >= 11 is 3.27. The van der Waals surface area contributed by atoms with Gasteiger partial charge in [0.05, 0.1) is 11.6 Å². The van der Waals surface area contributed by atoms with Gasteiger partial charge in [-0.3, -0.25) is 0 Å². The lowest BCUT2D eigenvalue weighted by Crippen LogP contribution is -2.03. The Morgan fingerprint density at radius 2 is 2.10 bits per heavy atom. The summed E-state index contributed by atoms with van der Waals surface area (Å²) in [5, 5.41) is 0. The first-order valence-corrected chi connectivity index (χ1v) is 6.60. The number of benzene rings is 1.